The molecular formula is C11H20OS. The number of hydrogen-bond donors (Lipinski definition) is 0. The fraction of sp³-hybridized carbons (Fsp3) is 0.909. The molecule has 13 heavy (non-hydrogen) atoms. The largest absolute Gasteiger partial charge is 0.298 e. The Morgan fingerprint density at radius 1 is 1.54 bits per heavy atom. The summed E-state index contributed by atoms with van der Waals surface area (Å²) in [5, 5.41) is 0.385. The first kappa shape index (κ1) is 11.1. The Bertz CT molecular complexity index is 163. The average molecular weight is 200 g/mol. The zero-order valence-corrected chi connectivity index (χ0v) is 9.53. The first-order valence-electron chi connectivity index (χ1n) is 5.42. The third kappa shape index (κ3) is 4.17. The molecule has 1 rings (SSSR count). The highest BCUT2D eigenvalue weighted by Gasteiger charge is 2.31. The van der Waals surface area contributed by atoms with E-state index in [9.17, 15) is 4.79 Å². The van der Waals surface area contributed by atoms with E-state index in [2.05, 4.69) is 13.8 Å². The van der Waals surface area contributed by atoms with Crippen LogP contribution in [-0.4, -0.2) is 16.8 Å². The Morgan fingerprint density at radius 3 is 2.69 bits per heavy atom. The molecule has 0 amide bonds. The summed E-state index contributed by atoms with van der Waals surface area (Å²) < 4.78 is 0. The van der Waals surface area contributed by atoms with Gasteiger partial charge in [0.1, 0.15) is 5.78 Å². The second-order valence-corrected chi connectivity index (χ2v) is 5.14. The van der Waals surface area contributed by atoms with E-state index in [1.165, 1.54) is 25.7 Å². The number of hydrogen-bond acceptors (Lipinski definition) is 2. The highest BCUT2D eigenvalue weighted by molar-refractivity contribution is 8.07. The summed E-state index contributed by atoms with van der Waals surface area (Å²) in [7, 11) is 0. The van der Waals surface area contributed by atoms with Gasteiger partial charge >= 0.3 is 0 Å². The number of rotatable bonds is 7. The number of carbonyl (C=O) groups is 1. The normalized spacial score (nSPS) is 22.8. The van der Waals surface area contributed by atoms with E-state index in [0.717, 1.165) is 12.2 Å². The number of thioether (sulfide) groups is 1. The average Bonchev–Trinajstić information content (AvgIpc) is 2.94. The van der Waals surface area contributed by atoms with Crippen LogP contribution in [0.5, 0.6) is 0 Å². The van der Waals surface area contributed by atoms with Crippen LogP contribution in [0.2, 0.25) is 0 Å². The van der Waals surface area contributed by atoms with Crippen LogP contribution in [0.4, 0.5) is 0 Å². The molecular weight excluding hydrogens is 180 g/mol. The topological polar surface area (TPSA) is 17.1 Å². The van der Waals surface area contributed by atoms with Crippen molar-refractivity contribution in [3.05, 3.63) is 0 Å². The van der Waals surface area contributed by atoms with Gasteiger partial charge in [-0.3, -0.25) is 4.79 Å². The minimum atomic E-state index is 0.385. The van der Waals surface area contributed by atoms with E-state index in [4.69, 9.17) is 0 Å². The van der Waals surface area contributed by atoms with E-state index in [1.54, 1.807) is 11.8 Å². The first-order valence-corrected chi connectivity index (χ1v) is 6.47. The maximum Gasteiger partial charge on any atom is 0.146 e. The Labute approximate surface area is 85.7 Å². The SMILES string of the molecule is CCCCC(CC)CC(=O)C1CS1. The van der Waals surface area contributed by atoms with E-state index >= 15 is 0 Å². The molecule has 1 aliphatic heterocycles. The van der Waals surface area contributed by atoms with Crippen molar-refractivity contribution in [3.63, 3.8) is 0 Å². The molecule has 0 radical (unpaired) electrons. The third-order valence-electron chi connectivity index (χ3n) is 2.73. The summed E-state index contributed by atoms with van der Waals surface area (Å²) in [5.74, 6) is 2.25. The van der Waals surface area contributed by atoms with Gasteiger partial charge in [0, 0.05) is 12.2 Å². The number of unbranched alkanes of at least 4 members (excludes halogenated alkanes) is 1. The highest BCUT2D eigenvalue weighted by Crippen LogP contribution is 2.33. The Balaban J connectivity index is 2.17. The maximum absolute atomic E-state index is 11.5. The summed E-state index contributed by atoms with van der Waals surface area (Å²) in [5.41, 5.74) is 0. The zero-order valence-electron chi connectivity index (χ0n) is 8.71. The number of Topliss-reactive ketones (excluding diaryl/α,β-unsaturated/α-hetero) is 1. The van der Waals surface area contributed by atoms with Crippen LogP contribution in [0.1, 0.15) is 46.0 Å². The third-order valence-corrected chi connectivity index (χ3v) is 3.66. The lowest BCUT2D eigenvalue weighted by molar-refractivity contribution is -0.118. The monoisotopic (exact) mass is 200 g/mol. The zero-order chi connectivity index (χ0) is 9.68. The van der Waals surface area contributed by atoms with Gasteiger partial charge in [0.05, 0.1) is 5.25 Å². The molecule has 1 fully saturated rings. The fourth-order valence-corrected chi connectivity index (χ4v) is 2.16. The summed E-state index contributed by atoms with van der Waals surface area (Å²) in [4.78, 5) is 11.5. The van der Waals surface area contributed by atoms with Gasteiger partial charge in [-0.15, -0.1) is 11.8 Å². The second-order valence-electron chi connectivity index (χ2n) is 3.91. The predicted octanol–water partition coefficient (Wildman–Crippen LogP) is 3.28. The van der Waals surface area contributed by atoms with Crippen molar-refractivity contribution in [1.29, 1.82) is 0 Å². The molecule has 0 saturated carbocycles. The van der Waals surface area contributed by atoms with Crippen LogP contribution < -0.4 is 0 Å². The lowest BCUT2D eigenvalue weighted by Gasteiger charge is -2.12. The van der Waals surface area contributed by atoms with Crippen molar-refractivity contribution in [2.45, 2.75) is 51.2 Å². The lowest BCUT2D eigenvalue weighted by atomic mass is 9.93. The second kappa shape index (κ2) is 5.69. The fourth-order valence-electron chi connectivity index (χ4n) is 1.59. The molecule has 1 nitrogen and oxygen atoms in total. The quantitative estimate of drug-likeness (QED) is 0.587. The minimum Gasteiger partial charge on any atom is -0.298 e. The van der Waals surface area contributed by atoms with Crippen LogP contribution >= 0.6 is 11.8 Å². The van der Waals surface area contributed by atoms with E-state index < -0.39 is 0 Å². The van der Waals surface area contributed by atoms with Gasteiger partial charge in [-0.1, -0.05) is 39.5 Å². The van der Waals surface area contributed by atoms with Crippen LogP contribution in [-0.2, 0) is 4.79 Å². The van der Waals surface area contributed by atoms with Crippen LogP contribution in [0.3, 0.4) is 0 Å². The van der Waals surface area contributed by atoms with Crippen molar-refractivity contribution >= 4 is 17.5 Å². The van der Waals surface area contributed by atoms with Crippen molar-refractivity contribution in [2.24, 2.45) is 5.92 Å². The van der Waals surface area contributed by atoms with Gasteiger partial charge in [0.25, 0.3) is 0 Å². The Hall–Kier alpha value is 0.0200. The molecule has 0 aromatic carbocycles. The van der Waals surface area contributed by atoms with Crippen LogP contribution in [0.15, 0.2) is 0 Å². The molecule has 0 bridgehead atoms. The molecule has 0 N–H and O–H groups in total. The molecule has 1 heterocycles. The van der Waals surface area contributed by atoms with Gasteiger partial charge in [0.15, 0.2) is 0 Å². The molecule has 1 saturated heterocycles. The van der Waals surface area contributed by atoms with Gasteiger partial charge in [0.2, 0.25) is 0 Å². The molecule has 2 atom stereocenters. The molecule has 0 spiro atoms. The van der Waals surface area contributed by atoms with Crippen LogP contribution in [0.25, 0.3) is 0 Å². The molecule has 0 aromatic rings. The number of ketones is 1. The molecule has 76 valence electrons. The van der Waals surface area contributed by atoms with Gasteiger partial charge in [-0.05, 0) is 5.92 Å². The predicted molar refractivity (Wildman–Crippen MR) is 59.2 cm³/mol. The standard InChI is InChI=1S/C11H20OS/c1-3-5-6-9(4-2)7-10(12)11-8-13-11/h9,11H,3-8H2,1-2H3. The van der Waals surface area contributed by atoms with Gasteiger partial charge in [-0.2, -0.15) is 0 Å². The number of carbonyl (C=O) groups excluding carboxylic acids is 1. The molecule has 2 heteroatoms. The first-order chi connectivity index (χ1) is 6.27. The van der Waals surface area contributed by atoms with E-state index in [0.29, 0.717) is 17.0 Å². The minimum absolute atomic E-state index is 0.385. The lowest BCUT2D eigenvalue weighted by Crippen LogP contribution is -2.12. The van der Waals surface area contributed by atoms with Gasteiger partial charge < -0.3 is 0 Å². The molecule has 2 unspecified atom stereocenters. The molecule has 1 aliphatic rings. The Kier molecular flexibility index (Phi) is 4.86. The maximum atomic E-state index is 11.5. The van der Waals surface area contributed by atoms with E-state index in [-0.39, 0.29) is 0 Å². The Morgan fingerprint density at radius 2 is 2.23 bits per heavy atom. The van der Waals surface area contributed by atoms with E-state index in [1.807, 2.05) is 0 Å². The van der Waals surface area contributed by atoms with Crippen molar-refractivity contribution < 1.29 is 4.79 Å². The summed E-state index contributed by atoms with van der Waals surface area (Å²) in [6, 6.07) is 0. The summed E-state index contributed by atoms with van der Waals surface area (Å²) in [6.45, 7) is 4.42. The smallest absolute Gasteiger partial charge is 0.146 e. The highest BCUT2D eigenvalue weighted by atomic mass is 32.2. The molecule has 0 aliphatic carbocycles. The summed E-state index contributed by atoms with van der Waals surface area (Å²) >= 11 is 1.80. The van der Waals surface area contributed by atoms with Crippen molar-refractivity contribution in [2.75, 3.05) is 5.75 Å². The van der Waals surface area contributed by atoms with Crippen molar-refractivity contribution in [3.8, 4) is 0 Å². The van der Waals surface area contributed by atoms with Crippen molar-refractivity contribution in [1.82, 2.24) is 0 Å². The summed E-state index contributed by atoms with van der Waals surface area (Å²) in [6.07, 6.45) is 5.79. The van der Waals surface area contributed by atoms with Gasteiger partial charge in [-0.25, -0.2) is 0 Å². The molecule has 0 aromatic heterocycles. The van der Waals surface area contributed by atoms with Crippen LogP contribution in [0, 0.1) is 5.92 Å².